The van der Waals surface area contributed by atoms with Gasteiger partial charge in [0.15, 0.2) is 0 Å². The molecular weight excluding hydrogens is 266 g/mol. The molecule has 0 amide bonds. The minimum absolute atomic E-state index is 0.194. The number of esters is 1. The van der Waals surface area contributed by atoms with Crippen molar-refractivity contribution in [3.05, 3.63) is 24.3 Å². The lowest BCUT2D eigenvalue weighted by Gasteiger charge is -2.32. The van der Waals surface area contributed by atoms with Gasteiger partial charge in [-0.25, -0.2) is 4.79 Å². The third-order valence-corrected chi connectivity index (χ3v) is 4.32. The molecule has 21 heavy (non-hydrogen) atoms. The van der Waals surface area contributed by atoms with Crippen molar-refractivity contribution in [2.45, 2.75) is 38.6 Å². The molecule has 0 heterocycles. The molecule has 3 unspecified atom stereocenters. The number of nitrogens with one attached hydrogen (secondary N) is 1. The predicted octanol–water partition coefficient (Wildman–Crippen LogP) is 3.48. The minimum atomic E-state index is -0.311. The molecule has 4 nitrogen and oxygen atoms in total. The van der Waals surface area contributed by atoms with Gasteiger partial charge in [0.05, 0.1) is 19.9 Å². The third-order valence-electron chi connectivity index (χ3n) is 4.32. The van der Waals surface area contributed by atoms with Crippen molar-refractivity contribution in [1.82, 2.24) is 0 Å². The summed E-state index contributed by atoms with van der Waals surface area (Å²) in [4.78, 5) is 12.2. The van der Waals surface area contributed by atoms with E-state index in [1.807, 2.05) is 24.3 Å². The molecule has 0 radical (unpaired) electrons. The van der Waals surface area contributed by atoms with Crippen LogP contribution in [0.15, 0.2) is 24.3 Å². The van der Waals surface area contributed by atoms with Crippen LogP contribution in [0.5, 0.6) is 5.75 Å². The topological polar surface area (TPSA) is 47.6 Å². The van der Waals surface area contributed by atoms with Crippen molar-refractivity contribution in [1.29, 1.82) is 0 Å². The summed E-state index contributed by atoms with van der Waals surface area (Å²) in [6, 6.07) is 7.36. The fourth-order valence-electron chi connectivity index (χ4n) is 3.21. The summed E-state index contributed by atoms with van der Waals surface area (Å²) in [5.41, 5.74) is 0.841. The van der Waals surface area contributed by atoms with Crippen LogP contribution in [-0.2, 0) is 9.53 Å². The fraction of sp³-hybridized carbons (Fsp3) is 0.588. The van der Waals surface area contributed by atoms with E-state index >= 15 is 0 Å². The average molecular weight is 291 g/mol. The number of carbonyl (C=O) groups excluding carboxylic acids is 1. The molecule has 1 fully saturated rings. The van der Waals surface area contributed by atoms with E-state index in [1.165, 1.54) is 20.0 Å². The molecule has 0 saturated heterocycles. The first-order valence-corrected chi connectivity index (χ1v) is 7.63. The Kier molecular flexibility index (Phi) is 5.48. The normalized spacial score (nSPS) is 23.2. The Hall–Kier alpha value is -1.71. The Morgan fingerprint density at radius 2 is 2.05 bits per heavy atom. The molecule has 1 saturated carbocycles. The van der Waals surface area contributed by atoms with Crippen LogP contribution in [0.4, 0.5) is 5.69 Å². The molecule has 0 spiro atoms. The molecule has 1 aliphatic carbocycles. The largest absolute Gasteiger partial charge is 0.495 e. The number of ether oxygens (including phenoxy) is 2. The monoisotopic (exact) mass is 291 g/mol. The summed E-state index contributed by atoms with van der Waals surface area (Å²) in [6.45, 7) is 2.25. The SMILES string of the molecule is COC(=O)C(Nc1ccccc1OC)C1CCCC(C)C1. The molecule has 2 rings (SSSR count). The van der Waals surface area contributed by atoms with Gasteiger partial charge in [-0.15, -0.1) is 0 Å². The highest BCUT2D eigenvalue weighted by atomic mass is 16.5. The van der Waals surface area contributed by atoms with E-state index in [9.17, 15) is 4.79 Å². The quantitative estimate of drug-likeness (QED) is 0.844. The molecule has 1 aromatic carbocycles. The predicted molar refractivity (Wildman–Crippen MR) is 83.5 cm³/mol. The number of methoxy groups -OCH3 is 2. The van der Waals surface area contributed by atoms with Crippen molar-refractivity contribution in [2.24, 2.45) is 11.8 Å². The van der Waals surface area contributed by atoms with Gasteiger partial charge in [0.25, 0.3) is 0 Å². The highest BCUT2D eigenvalue weighted by Gasteiger charge is 2.32. The number of hydrogen-bond acceptors (Lipinski definition) is 4. The molecule has 4 heteroatoms. The average Bonchev–Trinajstić information content (AvgIpc) is 2.52. The minimum Gasteiger partial charge on any atom is -0.495 e. The first-order valence-electron chi connectivity index (χ1n) is 7.63. The van der Waals surface area contributed by atoms with Crippen LogP contribution in [0.3, 0.4) is 0 Å². The maximum absolute atomic E-state index is 12.2. The van der Waals surface area contributed by atoms with Crippen LogP contribution in [0.1, 0.15) is 32.6 Å². The van der Waals surface area contributed by atoms with Gasteiger partial charge in [0.1, 0.15) is 11.8 Å². The van der Waals surface area contributed by atoms with Gasteiger partial charge in [-0.05, 0) is 36.8 Å². The van der Waals surface area contributed by atoms with Gasteiger partial charge < -0.3 is 14.8 Å². The smallest absolute Gasteiger partial charge is 0.328 e. The van der Waals surface area contributed by atoms with E-state index in [-0.39, 0.29) is 12.0 Å². The zero-order chi connectivity index (χ0) is 15.2. The first-order chi connectivity index (χ1) is 10.2. The van der Waals surface area contributed by atoms with Crippen molar-refractivity contribution in [3.8, 4) is 5.75 Å². The summed E-state index contributed by atoms with van der Waals surface area (Å²) in [7, 11) is 3.09. The second-order valence-corrected chi connectivity index (χ2v) is 5.88. The Morgan fingerprint density at radius 3 is 2.71 bits per heavy atom. The molecule has 116 valence electrons. The van der Waals surface area contributed by atoms with Crippen LogP contribution < -0.4 is 10.1 Å². The molecule has 0 bridgehead atoms. The number of carbonyl (C=O) groups is 1. The second-order valence-electron chi connectivity index (χ2n) is 5.88. The molecular formula is C17H25NO3. The molecule has 0 aromatic heterocycles. The molecule has 1 aromatic rings. The van der Waals surface area contributed by atoms with Crippen molar-refractivity contribution >= 4 is 11.7 Å². The fourth-order valence-corrected chi connectivity index (χ4v) is 3.21. The van der Waals surface area contributed by atoms with Gasteiger partial charge in [-0.3, -0.25) is 0 Å². The van der Waals surface area contributed by atoms with Crippen LogP contribution in [0.2, 0.25) is 0 Å². The number of para-hydroxylation sites is 2. The lowest BCUT2D eigenvalue weighted by atomic mass is 9.78. The zero-order valence-corrected chi connectivity index (χ0v) is 13.1. The standard InChI is InChI=1S/C17H25NO3/c1-12-7-6-8-13(11-12)16(17(19)21-3)18-14-9-4-5-10-15(14)20-2/h4-5,9-10,12-13,16,18H,6-8,11H2,1-3H3. The number of rotatable bonds is 5. The Morgan fingerprint density at radius 1 is 1.29 bits per heavy atom. The highest BCUT2D eigenvalue weighted by molar-refractivity contribution is 5.80. The molecule has 1 N–H and O–H groups in total. The van der Waals surface area contributed by atoms with Crippen molar-refractivity contribution < 1.29 is 14.3 Å². The molecule has 0 aliphatic heterocycles. The van der Waals surface area contributed by atoms with Crippen LogP contribution in [-0.4, -0.2) is 26.2 Å². The molecule has 3 atom stereocenters. The highest BCUT2D eigenvalue weighted by Crippen LogP contribution is 2.34. The summed E-state index contributed by atoms with van der Waals surface area (Å²) in [6.07, 6.45) is 4.54. The summed E-state index contributed by atoms with van der Waals surface area (Å²) >= 11 is 0. The lowest BCUT2D eigenvalue weighted by molar-refractivity contribution is -0.143. The van der Waals surface area contributed by atoms with E-state index in [1.54, 1.807) is 7.11 Å². The number of anilines is 1. The second kappa shape index (κ2) is 7.34. The summed E-state index contributed by atoms with van der Waals surface area (Å²) < 4.78 is 10.4. The van der Waals surface area contributed by atoms with Gasteiger partial charge in [0, 0.05) is 0 Å². The van der Waals surface area contributed by atoms with Crippen LogP contribution in [0, 0.1) is 11.8 Å². The van der Waals surface area contributed by atoms with Crippen LogP contribution >= 0.6 is 0 Å². The van der Waals surface area contributed by atoms with E-state index in [2.05, 4.69) is 12.2 Å². The van der Waals surface area contributed by atoms with Gasteiger partial charge >= 0.3 is 5.97 Å². The van der Waals surface area contributed by atoms with E-state index in [4.69, 9.17) is 9.47 Å². The van der Waals surface area contributed by atoms with E-state index < -0.39 is 0 Å². The Bertz CT molecular complexity index is 475. The maximum atomic E-state index is 12.2. The Labute approximate surface area is 126 Å². The van der Waals surface area contributed by atoms with E-state index in [0.29, 0.717) is 11.8 Å². The van der Waals surface area contributed by atoms with Crippen LogP contribution in [0.25, 0.3) is 0 Å². The summed E-state index contributed by atoms with van der Waals surface area (Å²) in [5, 5.41) is 3.34. The summed E-state index contributed by atoms with van der Waals surface area (Å²) in [5.74, 6) is 1.52. The van der Waals surface area contributed by atoms with Crippen molar-refractivity contribution in [2.75, 3.05) is 19.5 Å². The first kappa shape index (κ1) is 15.7. The number of hydrogen-bond donors (Lipinski definition) is 1. The van der Waals surface area contributed by atoms with Gasteiger partial charge in [-0.1, -0.05) is 31.9 Å². The number of benzene rings is 1. The molecule has 1 aliphatic rings. The maximum Gasteiger partial charge on any atom is 0.328 e. The van der Waals surface area contributed by atoms with Crippen molar-refractivity contribution in [3.63, 3.8) is 0 Å². The van der Waals surface area contributed by atoms with E-state index in [0.717, 1.165) is 24.3 Å². The Balaban J connectivity index is 2.18. The third kappa shape index (κ3) is 3.90. The van der Waals surface area contributed by atoms with Gasteiger partial charge in [0.2, 0.25) is 0 Å². The zero-order valence-electron chi connectivity index (χ0n) is 13.1. The lowest BCUT2D eigenvalue weighted by Crippen LogP contribution is -2.40. The van der Waals surface area contributed by atoms with Gasteiger partial charge in [-0.2, -0.15) is 0 Å².